The molecule has 1 N–H and O–H groups in total. The van der Waals surface area contributed by atoms with Crippen molar-refractivity contribution in [1.29, 1.82) is 0 Å². The van der Waals surface area contributed by atoms with E-state index in [4.69, 9.17) is 9.47 Å². The lowest BCUT2D eigenvalue weighted by molar-refractivity contribution is -0.384. The van der Waals surface area contributed by atoms with Gasteiger partial charge in [-0.1, -0.05) is 13.3 Å². The summed E-state index contributed by atoms with van der Waals surface area (Å²) in [6.07, 6.45) is 3.27. The first kappa shape index (κ1) is 25.2. The van der Waals surface area contributed by atoms with Crippen LogP contribution >= 0.6 is 11.3 Å². The molecule has 2 atom stereocenters. The number of benzene rings is 2. The van der Waals surface area contributed by atoms with Gasteiger partial charge in [-0.05, 0) is 71.7 Å². The quantitative estimate of drug-likeness (QED) is 0.315. The first-order valence-electron chi connectivity index (χ1n) is 11.4. The van der Waals surface area contributed by atoms with Crippen LogP contribution in [-0.4, -0.2) is 33.6 Å². The summed E-state index contributed by atoms with van der Waals surface area (Å²) >= 11 is 1.68. The number of nitrogens with one attached hydrogen (secondary N) is 1. The Morgan fingerprint density at radius 2 is 1.80 bits per heavy atom. The normalized spacial score (nSPS) is 17.6. The van der Waals surface area contributed by atoms with Crippen molar-refractivity contribution in [2.45, 2.75) is 49.5 Å². The Labute approximate surface area is 209 Å². The number of hydrogen-bond acceptors (Lipinski definition) is 7. The Balaban J connectivity index is 1.74. The minimum absolute atomic E-state index is 0.00282. The number of fused-ring (bicyclic) bond motifs is 1. The molecule has 4 rings (SSSR count). The van der Waals surface area contributed by atoms with Gasteiger partial charge in [0.05, 0.1) is 24.0 Å². The van der Waals surface area contributed by atoms with Crippen molar-refractivity contribution in [1.82, 2.24) is 4.72 Å². The smallest absolute Gasteiger partial charge is 0.269 e. The number of sulfonamides is 1. The molecule has 0 unspecified atom stereocenters. The maximum Gasteiger partial charge on any atom is 0.269 e. The van der Waals surface area contributed by atoms with E-state index in [2.05, 4.69) is 23.1 Å². The molecule has 35 heavy (non-hydrogen) atoms. The van der Waals surface area contributed by atoms with E-state index >= 15 is 0 Å². The molecule has 8 nitrogen and oxygen atoms in total. The monoisotopic (exact) mass is 516 g/mol. The zero-order valence-electron chi connectivity index (χ0n) is 19.8. The summed E-state index contributed by atoms with van der Waals surface area (Å²) < 4.78 is 40.5. The summed E-state index contributed by atoms with van der Waals surface area (Å²) in [5, 5.41) is 13.1. The van der Waals surface area contributed by atoms with E-state index in [1.165, 1.54) is 29.1 Å². The van der Waals surface area contributed by atoms with E-state index in [-0.39, 0.29) is 16.5 Å². The number of nitro benzene ring substituents is 1. The summed E-state index contributed by atoms with van der Waals surface area (Å²) in [4.78, 5) is 11.7. The second kappa shape index (κ2) is 10.3. The predicted octanol–water partition coefficient (Wildman–Crippen LogP) is 5.05. The third-order valence-electron chi connectivity index (χ3n) is 6.30. The van der Waals surface area contributed by atoms with Crippen molar-refractivity contribution in [2.75, 3.05) is 14.2 Å². The van der Waals surface area contributed by atoms with Crippen LogP contribution in [0.5, 0.6) is 11.5 Å². The number of methoxy groups -OCH3 is 2. The molecule has 0 radical (unpaired) electrons. The van der Waals surface area contributed by atoms with E-state index in [1.54, 1.807) is 25.6 Å². The third kappa shape index (κ3) is 5.19. The van der Waals surface area contributed by atoms with Crippen molar-refractivity contribution in [3.05, 3.63) is 79.5 Å². The van der Waals surface area contributed by atoms with Crippen LogP contribution in [0.15, 0.2) is 52.7 Å². The highest BCUT2D eigenvalue weighted by atomic mass is 32.2. The van der Waals surface area contributed by atoms with E-state index in [0.717, 1.165) is 29.5 Å². The average molecular weight is 517 g/mol. The van der Waals surface area contributed by atoms with Gasteiger partial charge in [0.1, 0.15) is 0 Å². The van der Waals surface area contributed by atoms with Gasteiger partial charge in [-0.15, -0.1) is 11.3 Å². The Hall–Kier alpha value is -2.95. The first-order valence-corrected chi connectivity index (χ1v) is 13.7. The number of thiophene rings is 1. The van der Waals surface area contributed by atoms with Crippen LogP contribution in [0.1, 0.15) is 47.3 Å². The number of hydrogen-bond donors (Lipinski definition) is 1. The fourth-order valence-electron chi connectivity index (χ4n) is 4.63. The lowest BCUT2D eigenvalue weighted by atomic mass is 9.76. The zero-order chi connectivity index (χ0) is 25.2. The van der Waals surface area contributed by atoms with Crippen LogP contribution in [0.25, 0.3) is 0 Å². The van der Waals surface area contributed by atoms with Crippen molar-refractivity contribution < 1.29 is 22.8 Å². The van der Waals surface area contributed by atoms with Crippen LogP contribution in [0, 0.1) is 10.1 Å². The number of ether oxygens (including phenoxy) is 2. The summed E-state index contributed by atoms with van der Waals surface area (Å²) in [6, 6.07) is 10.6. The van der Waals surface area contributed by atoms with E-state index in [1.807, 2.05) is 12.1 Å². The maximum absolute atomic E-state index is 13.3. The van der Waals surface area contributed by atoms with Gasteiger partial charge in [0.15, 0.2) is 11.5 Å². The van der Waals surface area contributed by atoms with E-state index < -0.39 is 21.0 Å². The van der Waals surface area contributed by atoms with Crippen LogP contribution in [-0.2, 0) is 22.9 Å². The minimum atomic E-state index is -3.90. The summed E-state index contributed by atoms with van der Waals surface area (Å²) in [5.41, 5.74) is 3.01. The third-order valence-corrected chi connectivity index (χ3v) is 8.82. The number of nitrogens with zero attached hydrogens (tertiary/aromatic N) is 1. The van der Waals surface area contributed by atoms with Gasteiger partial charge in [-0.2, -0.15) is 0 Å². The summed E-state index contributed by atoms with van der Waals surface area (Å²) in [7, 11) is -0.720. The molecule has 0 amide bonds. The molecule has 1 heterocycles. The van der Waals surface area contributed by atoms with Crippen LogP contribution in [0.2, 0.25) is 0 Å². The second-order valence-electron chi connectivity index (χ2n) is 8.50. The fraction of sp³-hybridized carbons (Fsp3) is 0.360. The zero-order valence-corrected chi connectivity index (χ0v) is 21.4. The molecule has 2 aromatic carbocycles. The standard InChI is InChI=1S/C25H28N2O6S2/c1-4-5-19-12-17(15-34-19)25-21-14-24(33-3)23(32-2)13-16(21)6-11-22(25)26-35(30,31)20-9-7-18(8-10-20)27(28)29/h7-10,12-15,22,25-26H,4-6,11H2,1-3H3/t22-,25-/m1/s1. The SMILES string of the molecule is CCCc1cc([C@@H]2c3cc(OC)c(OC)cc3CC[C@H]2NS(=O)(=O)c2ccc([N+](=O)[O-])cc2)cs1. The lowest BCUT2D eigenvalue weighted by Gasteiger charge is -2.34. The summed E-state index contributed by atoms with van der Waals surface area (Å²) in [6.45, 7) is 2.13. The van der Waals surface area contributed by atoms with Gasteiger partial charge in [-0.25, -0.2) is 13.1 Å². The highest BCUT2D eigenvalue weighted by Crippen LogP contribution is 2.43. The Morgan fingerprint density at radius 1 is 1.11 bits per heavy atom. The molecule has 0 saturated carbocycles. The molecule has 10 heteroatoms. The topological polar surface area (TPSA) is 108 Å². The molecule has 0 aliphatic heterocycles. The molecular weight excluding hydrogens is 488 g/mol. The Morgan fingerprint density at radius 3 is 2.43 bits per heavy atom. The maximum atomic E-state index is 13.3. The van der Waals surface area contributed by atoms with Gasteiger partial charge >= 0.3 is 0 Å². The van der Waals surface area contributed by atoms with Crippen molar-refractivity contribution in [3.8, 4) is 11.5 Å². The fourth-order valence-corrected chi connectivity index (χ4v) is 6.94. The van der Waals surface area contributed by atoms with Crippen LogP contribution in [0.4, 0.5) is 5.69 Å². The second-order valence-corrected chi connectivity index (χ2v) is 11.2. The number of non-ortho nitro benzene ring substituents is 1. The predicted molar refractivity (Wildman–Crippen MR) is 135 cm³/mol. The molecule has 1 aromatic heterocycles. The van der Waals surface area contributed by atoms with Crippen molar-refractivity contribution in [3.63, 3.8) is 0 Å². The summed E-state index contributed by atoms with van der Waals surface area (Å²) in [5.74, 6) is 1.03. The van der Waals surface area contributed by atoms with Gasteiger partial charge in [-0.3, -0.25) is 10.1 Å². The molecule has 1 aliphatic rings. The van der Waals surface area contributed by atoms with Crippen LogP contribution < -0.4 is 14.2 Å². The van der Waals surface area contributed by atoms with E-state index in [9.17, 15) is 18.5 Å². The lowest BCUT2D eigenvalue weighted by Crippen LogP contribution is -2.42. The van der Waals surface area contributed by atoms with Crippen molar-refractivity contribution >= 4 is 27.0 Å². The molecule has 0 spiro atoms. The highest BCUT2D eigenvalue weighted by molar-refractivity contribution is 7.89. The first-order chi connectivity index (χ1) is 16.8. The molecule has 0 saturated heterocycles. The van der Waals surface area contributed by atoms with Gasteiger partial charge in [0, 0.05) is 29.0 Å². The molecule has 1 aliphatic carbocycles. The van der Waals surface area contributed by atoms with Gasteiger partial charge in [0.2, 0.25) is 10.0 Å². The molecule has 186 valence electrons. The van der Waals surface area contributed by atoms with Gasteiger partial charge in [0.25, 0.3) is 5.69 Å². The number of rotatable bonds is 9. The van der Waals surface area contributed by atoms with Gasteiger partial charge < -0.3 is 9.47 Å². The average Bonchev–Trinajstić information content (AvgIpc) is 3.31. The molecule has 0 fully saturated rings. The molecule has 3 aromatic rings. The largest absolute Gasteiger partial charge is 0.493 e. The minimum Gasteiger partial charge on any atom is -0.493 e. The van der Waals surface area contributed by atoms with Crippen LogP contribution in [0.3, 0.4) is 0 Å². The Bertz CT molecular complexity index is 1320. The molecule has 0 bridgehead atoms. The Kier molecular flexibility index (Phi) is 7.44. The number of aryl methyl sites for hydroxylation is 2. The van der Waals surface area contributed by atoms with Crippen molar-refractivity contribution in [2.24, 2.45) is 0 Å². The highest BCUT2D eigenvalue weighted by Gasteiger charge is 2.35. The molecular formula is C25H28N2O6S2. The van der Waals surface area contributed by atoms with E-state index in [0.29, 0.717) is 24.3 Å². The number of nitro groups is 1.